The number of ether oxygens (including phenoxy) is 2. The van der Waals surface area contributed by atoms with Gasteiger partial charge in [-0.25, -0.2) is 19.5 Å². The molecule has 0 aliphatic carbocycles. The number of carbonyl (C=O) groups is 3. The first kappa shape index (κ1) is 36.5. The van der Waals surface area contributed by atoms with Crippen LogP contribution >= 0.6 is 0 Å². The Kier molecular flexibility index (Phi) is 13.7. The van der Waals surface area contributed by atoms with E-state index >= 15 is 0 Å². The van der Waals surface area contributed by atoms with Gasteiger partial charge in [0.05, 0.1) is 19.3 Å². The summed E-state index contributed by atoms with van der Waals surface area (Å²) in [6.45, 7) is 5.50. The molecular weight excluding hydrogens is 622 g/mol. The van der Waals surface area contributed by atoms with E-state index < -0.39 is 42.3 Å². The van der Waals surface area contributed by atoms with Crippen LogP contribution in [0.2, 0.25) is 0 Å². The topological polar surface area (TPSA) is 143 Å². The van der Waals surface area contributed by atoms with Crippen molar-refractivity contribution in [3.05, 3.63) is 126 Å². The molecule has 0 aliphatic rings. The van der Waals surface area contributed by atoms with Crippen molar-refractivity contribution in [2.24, 2.45) is 5.92 Å². The summed E-state index contributed by atoms with van der Waals surface area (Å²) in [4.78, 5) is 50.1. The number of amides is 3. The Morgan fingerprint density at radius 1 is 0.837 bits per heavy atom. The molecule has 2 aromatic carbocycles. The monoisotopic (exact) mass is 667 g/mol. The molecule has 11 heteroatoms. The summed E-state index contributed by atoms with van der Waals surface area (Å²) in [5, 5.41) is 17.7. The maximum Gasteiger partial charge on any atom is 0.415 e. The molecule has 0 saturated heterocycles. The molecule has 3 N–H and O–H groups in total. The fourth-order valence-electron chi connectivity index (χ4n) is 5.64. The van der Waals surface area contributed by atoms with Crippen molar-refractivity contribution in [3.63, 3.8) is 0 Å². The normalized spacial score (nSPS) is 13.4. The van der Waals surface area contributed by atoms with E-state index in [1.165, 1.54) is 12.0 Å². The number of aromatic nitrogens is 2. The minimum absolute atomic E-state index is 0.0175. The number of hydrogen-bond donors (Lipinski definition) is 3. The van der Waals surface area contributed by atoms with E-state index in [-0.39, 0.29) is 24.8 Å². The minimum Gasteiger partial charge on any atom is -0.452 e. The molecule has 0 aliphatic heterocycles. The summed E-state index contributed by atoms with van der Waals surface area (Å²) < 4.78 is 10.6. The Balaban J connectivity index is 1.58. The number of benzene rings is 2. The second kappa shape index (κ2) is 18.3. The standard InChI is InChI=1S/C38H45N5O6/c1-26(2)35(43(38(47)48-4)34-19-11-13-27(3)40-34)36(45)41-31(21-28-14-7-5-8-15-28)23-33(44)32(22-29-16-9-6-10-17-29)42-37(46)49-25-30-18-12-20-39-24-30/h5-20,24,26,31-33,35,44H,21-23,25H2,1-4H3,(H,41,45)(H,42,46)/t31-,32-,33-,35-/m0/s1. The van der Waals surface area contributed by atoms with Gasteiger partial charge in [-0.3, -0.25) is 9.78 Å². The molecule has 0 unspecified atom stereocenters. The van der Waals surface area contributed by atoms with E-state index in [0.29, 0.717) is 18.5 Å². The van der Waals surface area contributed by atoms with E-state index in [9.17, 15) is 19.5 Å². The van der Waals surface area contributed by atoms with E-state index in [0.717, 1.165) is 16.7 Å². The second-order valence-corrected chi connectivity index (χ2v) is 12.2. The van der Waals surface area contributed by atoms with Crippen LogP contribution in [-0.4, -0.2) is 64.5 Å². The van der Waals surface area contributed by atoms with E-state index in [1.807, 2.05) is 74.5 Å². The lowest BCUT2D eigenvalue weighted by Crippen LogP contribution is -2.56. The molecule has 4 atom stereocenters. The van der Waals surface area contributed by atoms with Crippen LogP contribution in [0.1, 0.15) is 42.7 Å². The van der Waals surface area contributed by atoms with Gasteiger partial charge in [0, 0.05) is 29.7 Å². The number of aliphatic hydroxyl groups is 1. The van der Waals surface area contributed by atoms with Crippen molar-refractivity contribution in [2.75, 3.05) is 12.0 Å². The van der Waals surface area contributed by atoms with Crippen LogP contribution in [0, 0.1) is 12.8 Å². The summed E-state index contributed by atoms with van der Waals surface area (Å²) in [5.41, 5.74) is 3.25. The first-order valence-corrected chi connectivity index (χ1v) is 16.3. The quantitative estimate of drug-likeness (QED) is 0.153. The van der Waals surface area contributed by atoms with Gasteiger partial charge in [0.15, 0.2) is 0 Å². The maximum atomic E-state index is 14.2. The number of aliphatic hydroxyl groups excluding tert-OH is 1. The summed E-state index contributed by atoms with van der Waals surface area (Å²) >= 11 is 0. The van der Waals surface area contributed by atoms with Gasteiger partial charge in [0.1, 0.15) is 18.5 Å². The SMILES string of the molecule is COC(=O)N(c1cccc(C)n1)[C@H](C(=O)N[C@@H](Cc1ccccc1)C[C@H](O)[C@H](Cc1ccccc1)NC(=O)OCc1cccnc1)C(C)C. The van der Waals surface area contributed by atoms with Gasteiger partial charge in [-0.15, -0.1) is 0 Å². The number of aryl methyl sites for hydroxylation is 1. The molecule has 0 saturated carbocycles. The molecule has 0 bridgehead atoms. The van der Waals surface area contributed by atoms with Crippen LogP contribution in [0.25, 0.3) is 0 Å². The number of nitrogens with zero attached hydrogens (tertiary/aromatic N) is 3. The lowest BCUT2D eigenvalue weighted by Gasteiger charge is -2.34. The molecule has 3 amide bonds. The molecule has 0 radical (unpaired) electrons. The highest BCUT2D eigenvalue weighted by atomic mass is 16.5. The summed E-state index contributed by atoms with van der Waals surface area (Å²) in [7, 11) is 1.26. The number of rotatable bonds is 15. The third-order valence-electron chi connectivity index (χ3n) is 8.03. The maximum absolute atomic E-state index is 14.2. The molecule has 11 nitrogen and oxygen atoms in total. The second-order valence-electron chi connectivity index (χ2n) is 12.2. The first-order chi connectivity index (χ1) is 23.6. The zero-order valence-corrected chi connectivity index (χ0v) is 28.4. The smallest absolute Gasteiger partial charge is 0.415 e. The molecule has 258 valence electrons. The average Bonchev–Trinajstić information content (AvgIpc) is 3.10. The van der Waals surface area contributed by atoms with Crippen molar-refractivity contribution < 1.29 is 29.0 Å². The number of anilines is 1. The Bertz CT molecular complexity index is 1620. The van der Waals surface area contributed by atoms with E-state index in [2.05, 4.69) is 20.6 Å². The Labute approximate surface area is 287 Å². The van der Waals surface area contributed by atoms with Crippen molar-refractivity contribution in [1.29, 1.82) is 0 Å². The third-order valence-corrected chi connectivity index (χ3v) is 8.03. The average molecular weight is 668 g/mol. The minimum atomic E-state index is -1.09. The van der Waals surface area contributed by atoms with Gasteiger partial charge >= 0.3 is 12.2 Å². The molecule has 0 spiro atoms. The summed E-state index contributed by atoms with van der Waals surface area (Å²) in [6.07, 6.45) is 1.55. The zero-order chi connectivity index (χ0) is 35.2. The predicted molar refractivity (Wildman–Crippen MR) is 187 cm³/mol. The fourth-order valence-corrected chi connectivity index (χ4v) is 5.64. The lowest BCUT2D eigenvalue weighted by atomic mass is 9.93. The highest BCUT2D eigenvalue weighted by molar-refractivity contribution is 5.97. The van der Waals surface area contributed by atoms with Gasteiger partial charge in [-0.2, -0.15) is 0 Å². The molecule has 2 aromatic heterocycles. The van der Waals surface area contributed by atoms with Crippen LogP contribution in [0.15, 0.2) is 103 Å². The largest absolute Gasteiger partial charge is 0.452 e. The zero-order valence-electron chi connectivity index (χ0n) is 28.4. The lowest BCUT2D eigenvalue weighted by molar-refractivity contribution is -0.124. The number of nitrogens with one attached hydrogen (secondary N) is 2. The van der Waals surface area contributed by atoms with Crippen LogP contribution < -0.4 is 15.5 Å². The molecule has 0 fully saturated rings. The molecule has 49 heavy (non-hydrogen) atoms. The number of carbonyl (C=O) groups excluding carboxylic acids is 3. The number of methoxy groups -OCH3 is 1. The van der Waals surface area contributed by atoms with Crippen LogP contribution in [0.5, 0.6) is 0 Å². The van der Waals surface area contributed by atoms with Crippen molar-refractivity contribution in [1.82, 2.24) is 20.6 Å². The van der Waals surface area contributed by atoms with Gasteiger partial charge in [0.25, 0.3) is 0 Å². The number of hydrogen-bond acceptors (Lipinski definition) is 8. The Morgan fingerprint density at radius 2 is 1.49 bits per heavy atom. The van der Waals surface area contributed by atoms with Crippen LogP contribution in [-0.2, 0) is 33.7 Å². The van der Waals surface area contributed by atoms with E-state index in [4.69, 9.17) is 9.47 Å². The van der Waals surface area contributed by atoms with Crippen molar-refractivity contribution in [2.45, 2.75) is 70.9 Å². The van der Waals surface area contributed by atoms with Crippen molar-refractivity contribution >= 4 is 23.9 Å². The Morgan fingerprint density at radius 3 is 2.08 bits per heavy atom. The first-order valence-electron chi connectivity index (χ1n) is 16.3. The predicted octanol–water partition coefficient (Wildman–Crippen LogP) is 5.40. The van der Waals surface area contributed by atoms with Gasteiger partial charge < -0.3 is 25.2 Å². The summed E-state index contributed by atoms with van der Waals surface area (Å²) in [5.74, 6) is -0.469. The van der Waals surface area contributed by atoms with Gasteiger partial charge in [-0.1, -0.05) is 86.6 Å². The van der Waals surface area contributed by atoms with Crippen LogP contribution in [0.4, 0.5) is 15.4 Å². The third kappa shape index (κ3) is 11.1. The van der Waals surface area contributed by atoms with E-state index in [1.54, 1.807) is 49.6 Å². The highest BCUT2D eigenvalue weighted by Gasteiger charge is 2.37. The Hall–Kier alpha value is -5.29. The highest BCUT2D eigenvalue weighted by Crippen LogP contribution is 2.22. The van der Waals surface area contributed by atoms with Crippen molar-refractivity contribution in [3.8, 4) is 0 Å². The van der Waals surface area contributed by atoms with Gasteiger partial charge in [0.2, 0.25) is 5.91 Å². The summed E-state index contributed by atoms with van der Waals surface area (Å²) in [6, 6.07) is 25.6. The van der Waals surface area contributed by atoms with Crippen LogP contribution in [0.3, 0.4) is 0 Å². The molecular formula is C38H45N5O6. The molecule has 2 heterocycles. The number of alkyl carbamates (subject to hydrolysis) is 1. The molecule has 4 rings (SSSR count). The number of pyridine rings is 2. The fraction of sp³-hybridized carbons (Fsp3) is 0.342. The molecule has 4 aromatic rings. The van der Waals surface area contributed by atoms with Gasteiger partial charge in [-0.05, 0) is 61.4 Å².